The van der Waals surface area contributed by atoms with Crippen molar-refractivity contribution in [3.63, 3.8) is 0 Å². The van der Waals surface area contributed by atoms with Crippen LogP contribution in [0.2, 0.25) is 0 Å². The summed E-state index contributed by atoms with van der Waals surface area (Å²) in [5, 5.41) is 19.8. The predicted octanol–water partition coefficient (Wildman–Crippen LogP) is 4.99. The van der Waals surface area contributed by atoms with E-state index in [0.29, 0.717) is 11.4 Å². The molecular formula is C27H37N7. The van der Waals surface area contributed by atoms with E-state index >= 15 is 0 Å². The highest BCUT2D eigenvalue weighted by atomic mass is 15.2. The van der Waals surface area contributed by atoms with Crippen LogP contribution in [0, 0.1) is 11.3 Å². The topological polar surface area (TPSA) is 105 Å². The normalized spacial score (nSPS) is 10.1. The molecule has 0 aliphatic carbocycles. The number of anilines is 2. The minimum absolute atomic E-state index is 0. The number of nitrogens with zero attached hydrogens (tertiary/aromatic N) is 4. The number of aryl methyl sites for hydroxylation is 1. The molecule has 2 aromatic carbocycles. The molecule has 0 bridgehead atoms. The summed E-state index contributed by atoms with van der Waals surface area (Å²) < 4.78 is 1.77. The Morgan fingerprint density at radius 3 is 2.29 bits per heavy atom. The van der Waals surface area contributed by atoms with Gasteiger partial charge >= 0.3 is 0 Å². The fourth-order valence-corrected chi connectivity index (χ4v) is 3.27. The Hall–Kier alpha value is -4.15. The van der Waals surface area contributed by atoms with Crippen LogP contribution in [0.1, 0.15) is 21.8 Å². The van der Waals surface area contributed by atoms with Gasteiger partial charge in [0.1, 0.15) is 5.82 Å². The lowest BCUT2D eigenvalue weighted by Gasteiger charge is -2.10. The van der Waals surface area contributed by atoms with Crippen molar-refractivity contribution >= 4 is 11.5 Å². The third-order valence-corrected chi connectivity index (χ3v) is 5.14. The zero-order valence-electron chi connectivity index (χ0n) is 19.5. The number of benzene rings is 2. The molecule has 0 atom stereocenters. The van der Waals surface area contributed by atoms with Gasteiger partial charge in [-0.2, -0.15) is 10.4 Å². The molecule has 0 amide bonds. The molecule has 0 spiro atoms. The summed E-state index contributed by atoms with van der Waals surface area (Å²) in [6.07, 6.45) is 7.46. The first-order valence-electron chi connectivity index (χ1n) is 11.3. The minimum Gasteiger partial charge on any atom is -0.382 e. The summed E-state index contributed by atoms with van der Waals surface area (Å²) >= 11 is 0. The standard InChI is InChI=1S/C21H25N7.C6H6.3H2/c1-28-15-19(14-27-28)18-11-20(21(23)26-13-18)25-9-2-8-24-10-7-16-3-5-17(12-22)6-4-16;1-2-4-6-5-3-1;;;/h3-6,11,13-15,24-25H,2,7-10H2,1H3,(H2,23,26);1-6H;3*1H. The average Bonchev–Trinajstić information content (AvgIpc) is 3.32. The van der Waals surface area contributed by atoms with Crippen LogP contribution in [-0.2, 0) is 13.5 Å². The van der Waals surface area contributed by atoms with Crippen molar-refractivity contribution in [2.45, 2.75) is 12.8 Å². The molecule has 0 aliphatic rings. The van der Waals surface area contributed by atoms with E-state index < -0.39 is 0 Å². The van der Waals surface area contributed by atoms with Crippen LogP contribution in [0.25, 0.3) is 11.1 Å². The van der Waals surface area contributed by atoms with Crippen LogP contribution >= 0.6 is 0 Å². The highest BCUT2D eigenvalue weighted by Crippen LogP contribution is 2.24. The molecule has 0 unspecified atom stereocenters. The van der Waals surface area contributed by atoms with E-state index in [9.17, 15) is 0 Å². The maximum Gasteiger partial charge on any atom is 0.146 e. The molecule has 7 heteroatoms. The van der Waals surface area contributed by atoms with Crippen molar-refractivity contribution in [2.24, 2.45) is 7.05 Å². The summed E-state index contributed by atoms with van der Waals surface area (Å²) in [6, 6.07) is 23.9. The second-order valence-electron chi connectivity index (χ2n) is 7.80. The smallest absolute Gasteiger partial charge is 0.146 e. The monoisotopic (exact) mass is 459 g/mol. The first-order chi connectivity index (χ1) is 16.7. The summed E-state index contributed by atoms with van der Waals surface area (Å²) in [6.45, 7) is 2.64. The Morgan fingerprint density at radius 2 is 1.68 bits per heavy atom. The molecule has 4 rings (SSSR count). The van der Waals surface area contributed by atoms with Crippen molar-refractivity contribution < 1.29 is 4.28 Å². The van der Waals surface area contributed by atoms with Gasteiger partial charge in [-0.1, -0.05) is 48.5 Å². The van der Waals surface area contributed by atoms with E-state index in [1.807, 2.05) is 86.2 Å². The number of hydrogen-bond acceptors (Lipinski definition) is 6. The zero-order chi connectivity index (χ0) is 24.0. The highest BCUT2D eigenvalue weighted by Gasteiger charge is 2.06. The number of aromatic nitrogens is 3. The van der Waals surface area contributed by atoms with Crippen LogP contribution in [0.4, 0.5) is 11.5 Å². The summed E-state index contributed by atoms with van der Waals surface area (Å²) in [7, 11) is 1.89. The Labute approximate surface area is 205 Å². The fourth-order valence-electron chi connectivity index (χ4n) is 3.27. The number of nitrogens with two attached hydrogens (primary N) is 1. The van der Waals surface area contributed by atoms with Crippen molar-refractivity contribution in [2.75, 3.05) is 30.7 Å². The van der Waals surface area contributed by atoms with Gasteiger partial charge in [0.2, 0.25) is 0 Å². The molecule has 0 saturated carbocycles. The lowest BCUT2D eigenvalue weighted by Crippen LogP contribution is -2.20. The molecule has 4 N–H and O–H groups in total. The van der Waals surface area contributed by atoms with Crippen molar-refractivity contribution in [1.82, 2.24) is 20.1 Å². The van der Waals surface area contributed by atoms with Crippen LogP contribution in [0.5, 0.6) is 0 Å². The summed E-state index contributed by atoms with van der Waals surface area (Å²) in [5.41, 5.74) is 10.8. The van der Waals surface area contributed by atoms with E-state index in [1.165, 1.54) is 5.56 Å². The van der Waals surface area contributed by atoms with Gasteiger partial charge in [0.15, 0.2) is 0 Å². The van der Waals surface area contributed by atoms with Crippen molar-refractivity contribution in [3.8, 4) is 17.2 Å². The summed E-state index contributed by atoms with van der Waals surface area (Å²) in [5.74, 6) is 0.501. The van der Waals surface area contributed by atoms with Gasteiger partial charge in [0.05, 0.1) is 23.5 Å². The predicted molar refractivity (Wildman–Crippen MR) is 144 cm³/mol. The number of nitriles is 1. The number of nitrogen functional groups attached to an aromatic ring is 1. The number of hydrogen-bond donors (Lipinski definition) is 3. The van der Waals surface area contributed by atoms with Crippen LogP contribution < -0.4 is 16.4 Å². The number of nitrogens with one attached hydrogen (secondary N) is 2. The molecule has 4 aromatic rings. The van der Waals surface area contributed by atoms with Gasteiger partial charge in [-0.15, -0.1) is 0 Å². The molecule has 2 heterocycles. The lowest BCUT2D eigenvalue weighted by molar-refractivity contribution is 0.660. The molecule has 0 fully saturated rings. The van der Waals surface area contributed by atoms with Crippen molar-refractivity contribution in [3.05, 3.63) is 96.4 Å². The molecule has 34 heavy (non-hydrogen) atoms. The first kappa shape index (κ1) is 24.5. The zero-order valence-corrected chi connectivity index (χ0v) is 19.5. The Kier molecular flexibility index (Phi) is 9.66. The summed E-state index contributed by atoms with van der Waals surface area (Å²) in [4.78, 5) is 4.28. The average molecular weight is 460 g/mol. The van der Waals surface area contributed by atoms with E-state index in [1.54, 1.807) is 10.9 Å². The third kappa shape index (κ3) is 8.08. The Morgan fingerprint density at radius 1 is 0.971 bits per heavy atom. The van der Waals surface area contributed by atoms with Gasteiger partial charge in [-0.3, -0.25) is 4.68 Å². The number of pyridine rings is 1. The quantitative estimate of drug-likeness (QED) is 0.304. The second kappa shape index (κ2) is 13.4. The molecule has 0 radical (unpaired) electrons. The van der Waals surface area contributed by atoms with Gasteiger partial charge in [0.25, 0.3) is 0 Å². The lowest BCUT2D eigenvalue weighted by atomic mass is 10.1. The largest absolute Gasteiger partial charge is 0.382 e. The van der Waals surface area contributed by atoms with Crippen molar-refractivity contribution in [1.29, 1.82) is 5.26 Å². The molecule has 180 valence electrons. The van der Waals surface area contributed by atoms with E-state index in [2.05, 4.69) is 26.8 Å². The van der Waals surface area contributed by atoms with Crippen LogP contribution in [0.3, 0.4) is 0 Å². The van der Waals surface area contributed by atoms with Crippen LogP contribution in [-0.4, -0.2) is 34.4 Å². The van der Waals surface area contributed by atoms with Gasteiger partial charge in [-0.25, -0.2) is 4.98 Å². The maximum atomic E-state index is 8.81. The molecular weight excluding hydrogens is 422 g/mol. The Bertz CT molecular complexity index is 1150. The van der Waals surface area contributed by atoms with Crippen LogP contribution in [0.15, 0.2) is 85.3 Å². The molecule has 7 nitrogen and oxygen atoms in total. The minimum atomic E-state index is 0. The van der Waals surface area contributed by atoms with Gasteiger partial charge in [0, 0.05) is 41.4 Å². The molecule has 2 aromatic heterocycles. The third-order valence-electron chi connectivity index (χ3n) is 5.14. The molecule has 0 saturated heterocycles. The SMILES string of the molecule is Cn1cc(-c2cnc(N)c(NCCCNCCc3ccc(C#N)cc3)c2)cn1.[HH].[HH].[HH].c1ccccc1. The van der Waals surface area contributed by atoms with E-state index in [0.717, 1.165) is 49.3 Å². The highest BCUT2D eigenvalue weighted by molar-refractivity contribution is 5.72. The van der Waals surface area contributed by atoms with E-state index in [-0.39, 0.29) is 4.28 Å². The maximum absolute atomic E-state index is 8.81. The number of rotatable bonds is 9. The Balaban J connectivity index is 0.00000127. The van der Waals surface area contributed by atoms with Gasteiger partial charge < -0.3 is 16.4 Å². The first-order valence-corrected chi connectivity index (χ1v) is 11.3. The molecule has 0 aliphatic heterocycles. The van der Waals surface area contributed by atoms with E-state index in [4.69, 9.17) is 11.0 Å². The van der Waals surface area contributed by atoms with Gasteiger partial charge in [-0.05, 0) is 49.7 Å². The second-order valence-corrected chi connectivity index (χ2v) is 7.80. The fraction of sp³-hybridized carbons (Fsp3) is 0.222.